The molecule has 2 heterocycles. The molecule has 0 radical (unpaired) electrons. The van der Waals surface area contributed by atoms with Gasteiger partial charge in [-0.3, -0.25) is 4.90 Å². The van der Waals surface area contributed by atoms with E-state index in [2.05, 4.69) is 42.7 Å². The smallest absolute Gasteiger partial charge is 0.399 e. The van der Waals surface area contributed by atoms with Gasteiger partial charge in [0, 0.05) is 30.0 Å². The zero-order valence-corrected chi connectivity index (χ0v) is 24.3. The number of ether oxygens (including phenoxy) is 3. The summed E-state index contributed by atoms with van der Waals surface area (Å²) in [4.78, 5) is 26.7. The molecule has 0 amide bonds. The van der Waals surface area contributed by atoms with Gasteiger partial charge in [0.1, 0.15) is 23.1 Å². The number of hydrogen-bond donors (Lipinski definition) is 1. The third-order valence-corrected chi connectivity index (χ3v) is 6.63. The molecule has 0 aliphatic carbocycles. The van der Waals surface area contributed by atoms with Gasteiger partial charge in [-0.1, -0.05) is 34.1 Å². The highest BCUT2D eigenvalue weighted by Crippen LogP contribution is 2.29. The number of benzene rings is 2. The summed E-state index contributed by atoms with van der Waals surface area (Å²) in [5.41, 5.74) is 0.744. The Balaban J connectivity index is 1.50. The Bertz CT molecular complexity index is 1370. The molecule has 2 aromatic heterocycles. The number of aromatic nitrogens is 3. The van der Waals surface area contributed by atoms with Crippen molar-refractivity contribution in [3.05, 3.63) is 88.2 Å². The van der Waals surface area contributed by atoms with Crippen LogP contribution in [0.25, 0.3) is 0 Å². The van der Waals surface area contributed by atoms with E-state index in [4.69, 9.17) is 18.6 Å². The molecule has 0 saturated carbocycles. The van der Waals surface area contributed by atoms with E-state index in [9.17, 15) is 4.79 Å². The van der Waals surface area contributed by atoms with Gasteiger partial charge in [-0.25, -0.2) is 9.78 Å². The number of carbonyl (C=O) groups excluding carboxylic acids is 1. The minimum Gasteiger partial charge on any atom is -0.476 e. The van der Waals surface area contributed by atoms with Gasteiger partial charge in [0.05, 0.1) is 18.3 Å². The van der Waals surface area contributed by atoms with Crippen molar-refractivity contribution in [2.75, 3.05) is 6.61 Å². The van der Waals surface area contributed by atoms with Crippen LogP contribution >= 0.6 is 15.9 Å². The summed E-state index contributed by atoms with van der Waals surface area (Å²) in [6.07, 6.45) is 3.75. The second-order valence-corrected chi connectivity index (χ2v) is 10.5. The van der Waals surface area contributed by atoms with Crippen molar-refractivity contribution >= 4 is 21.9 Å². The van der Waals surface area contributed by atoms with Crippen molar-refractivity contribution in [1.29, 1.82) is 0 Å². The minimum atomic E-state index is -1.09. The maximum absolute atomic E-state index is 12.2. The van der Waals surface area contributed by atoms with Crippen LogP contribution in [0.15, 0.2) is 69.8 Å². The number of halogens is 1. The van der Waals surface area contributed by atoms with E-state index in [-0.39, 0.29) is 12.1 Å². The Hall–Kier alpha value is -3.63. The summed E-state index contributed by atoms with van der Waals surface area (Å²) >= 11 is 3.45. The summed E-state index contributed by atoms with van der Waals surface area (Å²) in [7, 11) is 0. The van der Waals surface area contributed by atoms with Crippen LogP contribution in [-0.4, -0.2) is 38.0 Å². The van der Waals surface area contributed by atoms with E-state index in [1.54, 1.807) is 27.0 Å². The average Bonchev–Trinajstić information content (AvgIpc) is 3.54. The van der Waals surface area contributed by atoms with E-state index < -0.39 is 11.6 Å². The zero-order chi connectivity index (χ0) is 28.0. The number of rotatable bonds is 12. The van der Waals surface area contributed by atoms with Crippen LogP contribution in [0.1, 0.15) is 56.6 Å². The van der Waals surface area contributed by atoms with E-state index in [1.165, 1.54) is 0 Å². The Morgan fingerprint density at radius 2 is 1.92 bits per heavy atom. The van der Waals surface area contributed by atoms with E-state index in [1.807, 2.05) is 61.7 Å². The number of esters is 1. The first-order chi connectivity index (χ1) is 18.6. The molecule has 10 heteroatoms. The van der Waals surface area contributed by atoms with Crippen molar-refractivity contribution in [2.45, 2.75) is 59.4 Å². The highest BCUT2D eigenvalue weighted by molar-refractivity contribution is 9.10. The summed E-state index contributed by atoms with van der Waals surface area (Å²) < 4.78 is 23.6. The predicted octanol–water partition coefficient (Wildman–Crippen LogP) is 6.74. The van der Waals surface area contributed by atoms with E-state index in [0.717, 1.165) is 21.6 Å². The molecule has 0 spiro atoms. The van der Waals surface area contributed by atoms with Gasteiger partial charge in [-0.15, -0.1) is 0 Å². The fraction of sp³-hybridized carbons (Fsp3) is 0.345. The number of aromatic amines is 1. The Kier molecular flexibility index (Phi) is 9.08. The van der Waals surface area contributed by atoms with E-state index >= 15 is 0 Å². The van der Waals surface area contributed by atoms with Crippen molar-refractivity contribution < 1.29 is 23.4 Å². The highest BCUT2D eigenvalue weighted by atomic mass is 79.9. The van der Waals surface area contributed by atoms with Crippen molar-refractivity contribution in [3.63, 3.8) is 0 Å². The molecular formula is C29H33BrN4O5. The lowest BCUT2D eigenvalue weighted by molar-refractivity contribution is -0.158. The Morgan fingerprint density at radius 3 is 2.59 bits per heavy atom. The highest BCUT2D eigenvalue weighted by Gasteiger charge is 2.31. The summed E-state index contributed by atoms with van der Waals surface area (Å²) in [6.45, 7) is 10.5. The molecular weight excluding hydrogens is 564 g/mol. The van der Waals surface area contributed by atoms with Crippen LogP contribution < -0.4 is 9.47 Å². The molecule has 4 aromatic rings. The average molecular weight is 598 g/mol. The fourth-order valence-electron chi connectivity index (χ4n) is 3.96. The number of imidazole rings is 1. The van der Waals surface area contributed by atoms with Crippen LogP contribution in [0.4, 0.5) is 0 Å². The summed E-state index contributed by atoms with van der Waals surface area (Å²) in [6, 6.07) is 15.1. The molecule has 0 fully saturated rings. The van der Waals surface area contributed by atoms with Gasteiger partial charge in [0.15, 0.2) is 5.60 Å². The number of nitrogens with zero attached hydrogens (tertiary/aromatic N) is 3. The maximum atomic E-state index is 12.2. The number of oxazole rings is 1. The molecule has 0 bridgehead atoms. The molecule has 39 heavy (non-hydrogen) atoms. The van der Waals surface area contributed by atoms with Crippen LogP contribution in [-0.2, 0) is 22.6 Å². The monoisotopic (exact) mass is 596 g/mol. The third kappa shape index (κ3) is 7.48. The molecule has 1 N–H and O–H groups in total. The first-order valence-corrected chi connectivity index (χ1v) is 13.5. The van der Waals surface area contributed by atoms with Crippen LogP contribution in [0, 0.1) is 6.92 Å². The van der Waals surface area contributed by atoms with Crippen molar-refractivity contribution in [3.8, 4) is 17.6 Å². The molecule has 1 atom stereocenters. The lowest BCUT2D eigenvalue weighted by atomic mass is 10.1. The largest absolute Gasteiger partial charge is 0.476 e. The number of nitrogens with one attached hydrogen (secondary N) is 1. The Labute approximate surface area is 236 Å². The van der Waals surface area contributed by atoms with Gasteiger partial charge in [0.25, 0.3) is 0 Å². The fourth-order valence-corrected chi connectivity index (χ4v) is 4.34. The van der Waals surface area contributed by atoms with E-state index in [0.29, 0.717) is 37.0 Å². The molecule has 206 valence electrons. The van der Waals surface area contributed by atoms with Gasteiger partial charge in [-0.2, -0.15) is 4.98 Å². The second-order valence-electron chi connectivity index (χ2n) is 9.57. The maximum Gasteiger partial charge on any atom is 0.399 e. The minimum absolute atomic E-state index is 0.0378. The van der Waals surface area contributed by atoms with Gasteiger partial charge in [0.2, 0.25) is 0 Å². The first kappa shape index (κ1) is 28.4. The SMILES string of the molecule is CCOC(=O)C(C)(C)Oc1ccc(CN(Cc2nc(Oc3cccc(Br)c3)oc2C)C(C)c2ncc[nH]2)cc1. The number of hydrogen-bond acceptors (Lipinski definition) is 8. The summed E-state index contributed by atoms with van der Waals surface area (Å²) in [5, 5.41) is 0. The van der Waals surface area contributed by atoms with Gasteiger partial charge >= 0.3 is 12.0 Å². The number of H-pyrrole nitrogens is 1. The first-order valence-electron chi connectivity index (χ1n) is 12.7. The standard InChI is InChI=1S/C29H33BrN4O5/c1-6-36-27(35)29(4,5)39-23-12-10-21(11-13-23)17-34(19(2)26-31-14-15-32-26)18-25-20(3)37-28(33-25)38-24-9-7-8-22(30)16-24/h7-16,19H,6,17-18H2,1-5H3,(H,31,32). The van der Waals surface area contributed by atoms with Crippen molar-refractivity contribution in [1.82, 2.24) is 19.9 Å². The quantitative estimate of drug-likeness (QED) is 0.179. The van der Waals surface area contributed by atoms with Gasteiger partial charge in [-0.05, 0) is 70.5 Å². The number of carbonyl (C=O) groups is 1. The molecule has 4 rings (SSSR count). The molecule has 0 aliphatic rings. The number of aryl methyl sites for hydroxylation is 1. The normalized spacial score (nSPS) is 12.4. The molecule has 0 aliphatic heterocycles. The zero-order valence-electron chi connectivity index (χ0n) is 22.7. The van der Waals surface area contributed by atoms with Crippen LogP contribution in [0.3, 0.4) is 0 Å². The molecule has 1 unspecified atom stereocenters. The molecule has 9 nitrogen and oxygen atoms in total. The Morgan fingerprint density at radius 1 is 1.15 bits per heavy atom. The van der Waals surface area contributed by atoms with Gasteiger partial charge < -0.3 is 23.6 Å². The third-order valence-electron chi connectivity index (χ3n) is 6.14. The lowest BCUT2D eigenvalue weighted by Crippen LogP contribution is -2.39. The lowest BCUT2D eigenvalue weighted by Gasteiger charge is -2.28. The van der Waals surface area contributed by atoms with Crippen molar-refractivity contribution in [2.24, 2.45) is 0 Å². The van der Waals surface area contributed by atoms with Crippen LogP contribution in [0.2, 0.25) is 0 Å². The topological polar surface area (TPSA) is 103 Å². The predicted molar refractivity (Wildman–Crippen MR) is 149 cm³/mol. The molecule has 2 aromatic carbocycles. The molecule has 0 saturated heterocycles. The second kappa shape index (κ2) is 12.5. The summed E-state index contributed by atoms with van der Waals surface area (Å²) in [5.74, 6) is 2.34. The van der Waals surface area contributed by atoms with Crippen LogP contribution in [0.5, 0.6) is 17.6 Å².